The van der Waals surface area contributed by atoms with Gasteiger partial charge in [-0.2, -0.15) is 11.2 Å². The fraction of sp³-hybridized carbons (Fsp3) is 0.562. The minimum atomic E-state index is -1.09. The number of hydrogen-bond acceptors (Lipinski definition) is 2. The molecular weight excluding hydrogens is 266 g/mol. The molecule has 0 N–H and O–H groups in total. The highest BCUT2D eigenvalue weighted by atomic mass is 32.4. The number of para-hydroxylation sites is 1. The van der Waals surface area contributed by atoms with Gasteiger partial charge in [0.15, 0.2) is 0 Å². The van der Waals surface area contributed by atoms with Crippen molar-refractivity contribution in [2.45, 2.75) is 57.0 Å². The molecule has 1 aromatic carbocycles. The van der Waals surface area contributed by atoms with Crippen molar-refractivity contribution >= 4 is 29.8 Å². The van der Waals surface area contributed by atoms with E-state index in [1.807, 2.05) is 0 Å². The second-order valence-corrected chi connectivity index (χ2v) is 15.7. The molecule has 104 valence electrons. The number of aliphatic imine (C=N–C) groups is 1. The highest BCUT2D eigenvalue weighted by Gasteiger charge is 2.26. The molecule has 1 unspecified atom stereocenters. The van der Waals surface area contributed by atoms with E-state index in [1.165, 1.54) is 37.8 Å². The molecule has 19 heavy (non-hydrogen) atoms. The van der Waals surface area contributed by atoms with Crippen molar-refractivity contribution in [3.63, 3.8) is 0 Å². The van der Waals surface area contributed by atoms with Gasteiger partial charge in [-0.15, -0.1) is 0 Å². The summed E-state index contributed by atoms with van der Waals surface area (Å²) in [5.74, 6) is 0. The maximum absolute atomic E-state index is 4.96. The van der Waals surface area contributed by atoms with E-state index >= 15 is 0 Å². The van der Waals surface area contributed by atoms with Crippen molar-refractivity contribution in [2.24, 2.45) is 4.99 Å². The van der Waals surface area contributed by atoms with Gasteiger partial charge in [-0.1, -0.05) is 50.7 Å². The average Bonchev–Trinajstić information content (AvgIpc) is 2.55. The largest absolute Gasteiger partial charge is 0.257 e. The molecule has 0 saturated heterocycles. The Balaban J connectivity index is 2.19. The van der Waals surface area contributed by atoms with Crippen LogP contribution in [-0.2, 0) is 0 Å². The molecule has 1 aromatic rings. The third-order valence-corrected chi connectivity index (χ3v) is 7.77. The van der Waals surface area contributed by atoms with E-state index in [-0.39, 0.29) is 0 Å². The van der Waals surface area contributed by atoms with Crippen LogP contribution in [0, 0.1) is 0 Å². The Morgan fingerprint density at radius 3 is 2.47 bits per heavy atom. The van der Waals surface area contributed by atoms with Crippen LogP contribution in [-0.4, -0.2) is 18.2 Å². The Bertz CT molecular complexity index is 422. The van der Waals surface area contributed by atoms with Crippen LogP contribution in [0.4, 0.5) is 5.69 Å². The molecule has 0 aliphatic heterocycles. The van der Waals surface area contributed by atoms with E-state index < -0.39 is 7.22 Å². The standard InChI is InChI=1S/C16H25NSSi/c1-19(2,3)18-16-13-9-5-8-12-15(16)17-14-10-6-4-7-11-14/h4,6-7,10-11,16H,5,8-9,12-13H2,1-3H3. The van der Waals surface area contributed by atoms with Crippen molar-refractivity contribution in [1.29, 1.82) is 0 Å². The Labute approximate surface area is 122 Å². The molecule has 1 atom stereocenters. The smallest absolute Gasteiger partial charge is 0.109 e. The second kappa shape index (κ2) is 6.75. The van der Waals surface area contributed by atoms with Gasteiger partial charge in [0.2, 0.25) is 0 Å². The van der Waals surface area contributed by atoms with E-state index in [1.54, 1.807) is 0 Å². The molecule has 0 radical (unpaired) electrons. The molecule has 0 heterocycles. The molecule has 2 rings (SSSR count). The lowest BCUT2D eigenvalue weighted by Gasteiger charge is -2.24. The maximum atomic E-state index is 4.96. The predicted octanol–water partition coefficient (Wildman–Crippen LogP) is 5.66. The predicted molar refractivity (Wildman–Crippen MR) is 91.3 cm³/mol. The van der Waals surface area contributed by atoms with E-state index in [4.69, 9.17) is 4.99 Å². The van der Waals surface area contributed by atoms with Gasteiger partial charge in [0.25, 0.3) is 0 Å². The summed E-state index contributed by atoms with van der Waals surface area (Å²) >= 11 is 2.23. The molecule has 1 aliphatic rings. The molecule has 0 spiro atoms. The quantitative estimate of drug-likeness (QED) is 0.517. The minimum Gasteiger partial charge on any atom is -0.257 e. The van der Waals surface area contributed by atoms with Crippen LogP contribution in [0.5, 0.6) is 0 Å². The summed E-state index contributed by atoms with van der Waals surface area (Å²) < 4.78 is 0. The summed E-state index contributed by atoms with van der Waals surface area (Å²) in [6.45, 7) is 7.34. The number of rotatable bonds is 3. The van der Waals surface area contributed by atoms with Gasteiger partial charge in [0, 0.05) is 11.0 Å². The number of hydrogen-bond donors (Lipinski definition) is 0. The van der Waals surface area contributed by atoms with Crippen molar-refractivity contribution < 1.29 is 0 Å². The minimum absolute atomic E-state index is 0.661. The summed E-state index contributed by atoms with van der Waals surface area (Å²) in [6.07, 6.45) is 6.57. The molecule has 0 amide bonds. The molecular formula is C16H25NSSi. The summed E-state index contributed by atoms with van der Waals surface area (Å²) in [5, 5.41) is 0.661. The van der Waals surface area contributed by atoms with Crippen LogP contribution in [0.25, 0.3) is 0 Å². The van der Waals surface area contributed by atoms with Crippen molar-refractivity contribution in [2.75, 3.05) is 0 Å². The first-order valence-corrected chi connectivity index (χ1v) is 12.5. The van der Waals surface area contributed by atoms with E-state index in [0.717, 1.165) is 5.69 Å². The molecule has 1 aliphatic carbocycles. The SMILES string of the molecule is C[Si](C)(C)SC1CCCCCC1=Nc1ccccc1. The summed E-state index contributed by atoms with van der Waals surface area (Å²) in [5.41, 5.74) is 2.57. The van der Waals surface area contributed by atoms with Crippen molar-refractivity contribution in [3.05, 3.63) is 30.3 Å². The van der Waals surface area contributed by atoms with E-state index in [0.29, 0.717) is 5.25 Å². The Morgan fingerprint density at radius 1 is 1.05 bits per heavy atom. The van der Waals surface area contributed by atoms with Crippen LogP contribution in [0.15, 0.2) is 35.3 Å². The first kappa shape index (κ1) is 14.9. The Morgan fingerprint density at radius 2 is 1.79 bits per heavy atom. The van der Waals surface area contributed by atoms with Crippen LogP contribution in [0.1, 0.15) is 32.1 Å². The van der Waals surface area contributed by atoms with Crippen molar-refractivity contribution in [1.82, 2.24) is 0 Å². The third-order valence-electron chi connectivity index (χ3n) is 3.30. The van der Waals surface area contributed by atoms with Crippen LogP contribution in [0.3, 0.4) is 0 Å². The van der Waals surface area contributed by atoms with Gasteiger partial charge in [-0.3, -0.25) is 4.99 Å². The number of nitrogens with zero attached hydrogens (tertiary/aromatic N) is 1. The zero-order valence-electron chi connectivity index (χ0n) is 12.4. The van der Waals surface area contributed by atoms with Gasteiger partial charge in [-0.05, 0) is 31.4 Å². The van der Waals surface area contributed by atoms with Gasteiger partial charge >= 0.3 is 0 Å². The summed E-state index contributed by atoms with van der Waals surface area (Å²) in [4.78, 5) is 4.96. The Hall–Kier alpha value is -0.543. The third kappa shape index (κ3) is 5.15. The number of benzene rings is 1. The van der Waals surface area contributed by atoms with E-state index in [2.05, 4.69) is 61.2 Å². The molecule has 0 aromatic heterocycles. The van der Waals surface area contributed by atoms with Gasteiger partial charge in [0.05, 0.1) is 5.69 Å². The first-order valence-electron chi connectivity index (χ1n) is 7.35. The van der Waals surface area contributed by atoms with Crippen molar-refractivity contribution in [3.8, 4) is 0 Å². The van der Waals surface area contributed by atoms with Gasteiger partial charge < -0.3 is 0 Å². The topological polar surface area (TPSA) is 12.4 Å². The monoisotopic (exact) mass is 291 g/mol. The van der Waals surface area contributed by atoms with Crippen LogP contribution >= 0.6 is 11.2 Å². The molecule has 1 fully saturated rings. The molecule has 1 nitrogen and oxygen atoms in total. The normalized spacial score (nSPS) is 23.3. The molecule has 3 heteroatoms. The fourth-order valence-corrected chi connectivity index (χ4v) is 7.26. The van der Waals surface area contributed by atoms with Gasteiger partial charge in [-0.25, -0.2) is 0 Å². The lowest BCUT2D eigenvalue weighted by molar-refractivity contribution is 0.706. The zero-order valence-corrected chi connectivity index (χ0v) is 14.2. The zero-order chi connectivity index (χ0) is 13.7. The van der Waals surface area contributed by atoms with Gasteiger partial charge in [0.1, 0.15) is 7.22 Å². The molecule has 1 saturated carbocycles. The lowest BCUT2D eigenvalue weighted by atomic mass is 10.1. The summed E-state index contributed by atoms with van der Waals surface area (Å²) in [7, 11) is -1.09. The summed E-state index contributed by atoms with van der Waals surface area (Å²) in [6, 6.07) is 10.5. The average molecular weight is 292 g/mol. The fourth-order valence-electron chi connectivity index (χ4n) is 2.49. The van der Waals surface area contributed by atoms with E-state index in [9.17, 15) is 0 Å². The van der Waals surface area contributed by atoms with Crippen LogP contribution in [0.2, 0.25) is 19.6 Å². The highest BCUT2D eigenvalue weighted by Crippen LogP contribution is 2.33. The first-order chi connectivity index (χ1) is 9.04. The second-order valence-electron chi connectivity index (χ2n) is 6.26. The maximum Gasteiger partial charge on any atom is 0.109 e. The molecule has 0 bridgehead atoms. The highest BCUT2D eigenvalue weighted by molar-refractivity contribution is 8.29. The Kier molecular flexibility index (Phi) is 5.28. The lowest BCUT2D eigenvalue weighted by Crippen LogP contribution is -2.25. The van der Waals surface area contributed by atoms with Crippen LogP contribution < -0.4 is 0 Å².